The van der Waals surface area contributed by atoms with Crippen molar-refractivity contribution in [1.82, 2.24) is 9.78 Å². The fourth-order valence-electron chi connectivity index (χ4n) is 1.51. The molecule has 5 heteroatoms. The van der Waals surface area contributed by atoms with Crippen LogP contribution in [0.3, 0.4) is 0 Å². The van der Waals surface area contributed by atoms with Crippen LogP contribution in [-0.2, 0) is 7.05 Å². The quantitative estimate of drug-likeness (QED) is 0.889. The van der Waals surface area contributed by atoms with E-state index in [1.807, 2.05) is 13.0 Å². The van der Waals surface area contributed by atoms with Gasteiger partial charge in [-0.3, -0.25) is 9.48 Å². The number of aromatic nitrogens is 2. The van der Waals surface area contributed by atoms with Crippen molar-refractivity contribution in [1.29, 1.82) is 0 Å². The van der Waals surface area contributed by atoms with Gasteiger partial charge in [0.2, 0.25) is 0 Å². The Morgan fingerprint density at radius 2 is 2.18 bits per heavy atom. The lowest BCUT2D eigenvalue weighted by Crippen LogP contribution is -2.16. The summed E-state index contributed by atoms with van der Waals surface area (Å²) in [5.74, 6) is -0.199. The fourth-order valence-corrected chi connectivity index (χ4v) is 1.68. The maximum Gasteiger partial charge on any atom is 0.273 e. The molecule has 1 N–H and O–H groups in total. The van der Waals surface area contributed by atoms with Gasteiger partial charge in [-0.2, -0.15) is 5.10 Å². The highest BCUT2D eigenvalue weighted by Gasteiger charge is 2.11. The number of nitrogens with one attached hydrogen (secondary N) is 1. The number of rotatable bonds is 2. The highest BCUT2D eigenvalue weighted by molar-refractivity contribution is 6.31. The molecule has 0 radical (unpaired) electrons. The SMILES string of the molecule is Cc1ccc(Cl)cc1NC(=O)c1ccnn1C. The molecular weight excluding hydrogens is 238 g/mol. The molecule has 0 saturated carbocycles. The van der Waals surface area contributed by atoms with E-state index in [1.165, 1.54) is 4.68 Å². The van der Waals surface area contributed by atoms with Gasteiger partial charge in [0.15, 0.2) is 0 Å². The molecule has 17 heavy (non-hydrogen) atoms. The van der Waals surface area contributed by atoms with E-state index in [9.17, 15) is 4.79 Å². The molecule has 2 rings (SSSR count). The molecule has 1 aromatic carbocycles. The summed E-state index contributed by atoms with van der Waals surface area (Å²) in [4.78, 5) is 11.9. The number of amides is 1. The zero-order chi connectivity index (χ0) is 12.4. The average Bonchev–Trinajstić information content (AvgIpc) is 2.70. The van der Waals surface area contributed by atoms with Crippen molar-refractivity contribution in [2.45, 2.75) is 6.92 Å². The number of aryl methyl sites for hydroxylation is 2. The number of benzene rings is 1. The molecule has 1 heterocycles. The van der Waals surface area contributed by atoms with Crippen LogP contribution in [0.2, 0.25) is 5.02 Å². The van der Waals surface area contributed by atoms with E-state index >= 15 is 0 Å². The minimum Gasteiger partial charge on any atom is -0.320 e. The molecule has 0 aliphatic heterocycles. The van der Waals surface area contributed by atoms with E-state index in [-0.39, 0.29) is 5.91 Å². The van der Waals surface area contributed by atoms with Crippen LogP contribution in [0.25, 0.3) is 0 Å². The summed E-state index contributed by atoms with van der Waals surface area (Å²) in [6.45, 7) is 1.91. The Morgan fingerprint density at radius 3 is 2.82 bits per heavy atom. The first-order valence-electron chi connectivity index (χ1n) is 5.13. The van der Waals surface area contributed by atoms with Gasteiger partial charge in [-0.25, -0.2) is 0 Å². The van der Waals surface area contributed by atoms with E-state index in [2.05, 4.69) is 10.4 Å². The fraction of sp³-hybridized carbons (Fsp3) is 0.167. The van der Waals surface area contributed by atoms with Crippen molar-refractivity contribution in [3.63, 3.8) is 0 Å². The minimum absolute atomic E-state index is 0.199. The Morgan fingerprint density at radius 1 is 1.41 bits per heavy atom. The van der Waals surface area contributed by atoms with Crippen LogP contribution in [-0.4, -0.2) is 15.7 Å². The third-order valence-corrected chi connectivity index (χ3v) is 2.74. The van der Waals surface area contributed by atoms with Crippen molar-refractivity contribution < 1.29 is 4.79 Å². The lowest BCUT2D eigenvalue weighted by Gasteiger charge is -2.08. The van der Waals surface area contributed by atoms with Crippen molar-refractivity contribution >= 4 is 23.2 Å². The van der Waals surface area contributed by atoms with Crippen LogP contribution in [0.15, 0.2) is 30.5 Å². The van der Waals surface area contributed by atoms with Gasteiger partial charge < -0.3 is 5.32 Å². The molecule has 4 nitrogen and oxygen atoms in total. The molecule has 0 atom stereocenters. The zero-order valence-electron chi connectivity index (χ0n) is 9.57. The largest absolute Gasteiger partial charge is 0.320 e. The van der Waals surface area contributed by atoms with Crippen LogP contribution < -0.4 is 5.32 Å². The second kappa shape index (κ2) is 4.59. The number of carbonyl (C=O) groups excluding carboxylic acids is 1. The van der Waals surface area contributed by atoms with Crippen molar-refractivity contribution in [3.05, 3.63) is 46.7 Å². The van der Waals surface area contributed by atoms with Crippen LogP contribution in [0.4, 0.5) is 5.69 Å². The summed E-state index contributed by atoms with van der Waals surface area (Å²) in [7, 11) is 1.72. The van der Waals surface area contributed by atoms with Crippen LogP contribution in [0.5, 0.6) is 0 Å². The average molecular weight is 250 g/mol. The number of anilines is 1. The molecule has 0 unspecified atom stereocenters. The predicted molar refractivity (Wildman–Crippen MR) is 67.4 cm³/mol. The highest BCUT2D eigenvalue weighted by atomic mass is 35.5. The van der Waals surface area contributed by atoms with Crippen molar-refractivity contribution in [2.75, 3.05) is 5.32 Å². The Labute approximate surface area is 104 Å². The summed E-state index contributed by atoms with van der Waals surface area (Å²) in [6, 6.07) is 7.04. The van der Waals surface area contributed by atoms with Crippen LogP contribution in [0.1, 0.15) is 16.1 Å². The van der Waals surface area contributed by atoms with E-state index in [0.29, 0.717) is 16.4 Å². The van der Waals surface area contributed by atoms with Gasteiger partial charge in [0.25, 0.3) is 5.91 Å². The van der Waals surface area contributed by atoms with Crippen molar-refractivity contribution in [3.8, 4) is 0 Å². The first-order valence-corrected chi connectivity index (χ1v) is 5.51. The molecule has 1 amide bonds. The summed E-state index contributed by atoms with van der Waals surface area (Å²) in [6.07, 6.45) is 1.58. The van der Waals surface area contributed by atoms with E-state index in [4.69, 9.17) is 11.6 Å². The second-order valence-electron chi connectivity index (χ2n) is 3.75. The number of nitrogens with zero attached hydrogens (tertiary/aromatic N) is 2. The Bertz CT molecular complexity index is 563. The zero-order valence-corrected chi connectivity index (χ0v) is 10.3. The van der Waals surface area contributed by atoms with E-state index in [1.54, 1.807) is 31.4 Å². The third-order valence-electron chi connectivity index (χ3n) is 2.50. The molecule has 0 fully saturated rings. The summed E-state index contributed by atoms with van der Waals surface area (Å²) in [5, 5.41) is 7.35. The highest BCUT2D eigenvalue weighted by Crippen LogP contribution is 2.20. The van der Waals surface area contributed by atoms with E-state index in [0.717, 1.165) is 5.56 Å². The predicted octanol–water partition coefficient (Wildman–Crippen LogP) is 2.63. The Kier molecular flexibility index (Phi) is 3.15. The first-order chi connectivity index (χ1) is 8.08. The Balaban J connectivity index is 2.24. The molecule has 0 saturated heterocycles. The standard InChI is InChI=1S/C12H12ClN3O/c1-8-3-4-9(13)7-10(8)15-12(17)11-5-6-14-16(11)2/h3-7H,1-2H3,(H,15,17). The molecule has 0 spiro atoms. The second-order valence-corrected chi connectivity index (χ2v) is 4.19. The maximum absolute atomic E-state index is 11.9. The monoisotopic (exact) mass is 249 g/mol. The van der Waals surface area contributed by atoms with Crippen LogP contribution >= 0.6 is 11.6 Å². The third kappa shape index (κ3) is 2.47. The first kappa shape index (κ1) is 11.7. The van der Waals surface area contributed by atoms with Gasteiger partial charge in [-0.1, -0.05) is 17.7 Å². The summed E-state index contributed by atoms with van der Waals surface area (Å²) >= 11 is 5.89. The molecule has 0 bridgehead atoms. The molecular formula is C12H12ClN3O. The lowest BCUT2D eigenvalue weighted by atomic mass is 10.2. The topological polar surface area (TPSA) is 46.9 Å². The summed E-state index contributed by atoms with van der Waals surface area (Å²) in [5.41, 5.74) is 2.18. The maximum atomic E-state index is 11.9. The van der Waals surface area contributed by atoms with Gasteiger partial charge in [0.1, 0.15) is 5.69 Å². The van der Waals surface area contributed by atoms with Gasteiger partial charge in [0.05, 0.1) is 0 Å². The molecule has 0 aliphatic rings. The number of hydrogen-bond donors (Lipinski definition) is 1. The normalized spacial score (nSPS) is 10.3. The molecule has 2 aromatic rings. The molecule has 1 aromatic heterocycles. The van der Waals surface area contributed by atoms with Crippen molar-refractivity contribution in [2.24, 2.45) is 7.05 Å². The number of carbonyl (C=O) groups is 1. The molecule has 0 aliphatic carbocycles. The Hall–Kier alpha value is -1.81. The van der Waals surface area contributed by atoms with E-state index < -0.39 is 0 Å². The van der Waals surface area contributed by atoms with Gasteiger partial charge >= 0.3 is 0 Å². The van der Waals surface area contributed by atoms with Crippen LogP contribution in [0, 0.1) is 6.92 Å². The van der Waals surface area contributed by atoms with Gasteiger partial charge in [-0.15, -0.1) is 0 Å². The minimum atomic E-state index is -0.199. The summed E-state index contributed by atoms with van der Waals surface area (Å²) < 4.78 is 1.52. The number of hydrogen-bond acceptors (Lipinski definition) is 2. The lowest BCUT2D eigenvalue weighted by molar-refractivity contribution is 0.101. The van der Waals surface area contributed by atoms with Gasteiger partial charge in [-0.05, 0) is 30.7 Å². The van der Waals surface area contributed by atoms with Gasteiger partial charge in [0, 0.05) is 24.0 Å². The smallest absolute Gasteiger partial charge is 0.273 e. The molecule has 88 valence electrons. The number of halogens is 1.